The highest BCUT2D eigenvalue weighted by Crippen LogP contribution is 2.29. The molecule has 1 aromatic rings. The summed E-state index contributed by atoms with van der Waals surface area (Å²) in [7, 11) is 0. The second-order valence-electron chi connectivity index (χ2n) is 6.28. The van der Waals surface area contributed by atoms with E-state index in [1.54, 1.807) is 12.1 Å². The van der Waals surface area contributed by atoms with Crippen molar-refractivity contribution in [2.24, 2.45) is 5.92 Å². The van der Waals surface area contributed by atoms with Gasteiger partial charge in [0, 0.05) is 30.6 Å². The van der Waals surface area contributed by atoms with Crippen LogP contribution in [-0.2, 0) is 11.3 Å². The molecular formula is C17H20FN3O. The quantitative estimate of drug-likeness (QED) is 0.927. The molecule has 22 heavy (non-hydrogen) atoms. The lowest BCUT2D eigenvalue weighted by Crippen LogP contribution is -2.47. The molecule has 3 rings (SSSR count). The molecule has 0 aromatic heterocycles. The zero-order chi connectivity index (χ0) is 15.5. The molecule has 5 heteroatoms. The number of nitriles is 1. The van der Waals surface area contributed by atoms with E-state index in [1.165, 1.54) is 6.07 Å². The lowest BCUT2D eigenvalue weighted by molar-refractivity contribution is -0.123. The molecule has 1 aromatic carbocycles. The van der Waals surface area contributed by atoms with Crippen molar-refractivity contribution in [3.8, 4) is 6.07 Å². The standard InChI is InChI=1S/C17H20FN3O/c18-16-8-12(9-19)3-4-14(16)10-21-7-1-2-15(11-21)20-17(22)13-5-6-13/h3-4,8,13,15H,1-2,5-7,10-11H2,(H,20,22). The summed E-state index contributed by atoms with van der Waals surface area (Å²) in [6, 6.07) is 6.72. The van der Waals surface area contributed by atoms with Crippen LogP contribution in [0.25, 0.3) is 0 Å². The fourth-order valence-corrected chi connectivity index (χ4v) is 2.97. The van der Waals surface area contributed by atoms with Gasteiger partial charge in [-0.1, -0.05) is 6.07 Å². The van der Waals surface area contributed by atoms with Gasteiger partial charge in [0.1, 0.15) is 5.82 Å². The van der Waals surface area contributed by atoms with Gasteiger partial charge in [-0.2, -0.15) is 5.26 Å². The van der Waals surface area contributed by atoms with Crippen molar-refractivity contribution in [3.05, 3.63) is 35.1 Å². The molecule has 0 radical (unpaired) electrons. The number of hydrogen-bond donors (Lipinski definition) is 1. The Morgan fingerprint density at radius 1 is 1.41 bits per heavy atom. The van der Waals surface area contributed by atoms with Gasteiger partial charge in [0.15, 0.2) is 0 Å². The van der Waals surface area contributed by atoms with Gasteiger partial charge in [-0.05, 0) is 44.4 Å². The Labute approximate surface area is 129 Å². The zero-order valence-corrected chi connectivity index (χ0v) is 12.5. The van der Waals surface area contributed by atoms with Gasteiger partial charge in [0.25, 0.3) is 0 Å². The minimum Gasteiger partial charge on any atom is -0.352 e. The molecule has 1 N–H and O–H groups in total. The van der Waals surface area contributed by atoms with Crippen LogP contribution in [0.3, 0.4) is 0 Å². The van der Waals surface area contributed by atoms with Crippen LogP contribution in [0.4, 0.5) is 4.39 Å². The van der Waals surface area contributed by atoms with Crippen LogP contribution in [-0.4, -0.2) is 29.9 Å². The van der Waals surface area contributed by atoms with Crippen molar-refractivity contribution < 1.29 is 9.18 Å². The van der Waals surface area contributed by atoms with Crippen molar-refractivity contribution in [3.63, 3.8) is 0 Å². The lowest BCUT2D eigenvalue weighted by Gasteiger charge is -2.33. The molecule has 1 aliphatic carbocycles. The average molecular weight is 301 g/mol. The number of likely N-dealkylation sites (tertiary alicyclic amines) is 1. The number of amides is 1. The Hall–Kier alpha value is -1.93. The van der Waals surface area contributed by atoms with Gasteiger partial charge in [-0.3, -0.25) is 9.69 Å². The first-order chi connectivity index (χ1) is 10.7. The molecule has 0 spiro atoms. The van der Waals surface area contributed by atoms with Crippen molar-refractivity contribution in [1.82, 2.24) is 10.2 Å². The van der Waals surface area contributed by atoms with Gasteiger partial charge < -0.3 is 5.32 Å². The van der Waals surface area contributed by atoms with E-state index in [4.69, 9.17) is 5.26 Å². The Morgan fingerprint density at radius 3 is 2.91 bits per heavy atom. The minimum absolute atomic E-state index is 0.170. The fraction of sp³-hybridized carbons (Fsp3) is 0.529. The SMILES string of the molecule is N#Cc1ccc(CN2CCCC(NC(=O)C3CC3)C2)c(F)c1. The third-order valence-corrected chi connectivity index (χ3v) is 4.38. The van der Waals surface area contributed by atoms with Crippen LogP contribution in [0.2, 0.25) is 0 Å². The Morgan fingerprint density at radius 2 is 2.23 bits per heavy atom. The molecule has 1 aliphatic heterocycles. The van der Waals surface area contributed by atoms with Crippen LogP contribution < -0.4 is 5.32 Å². The van der Waals surface area contributed by atoms with E-state index >= 15 is 0 Å². The van der Waals surface area contributed by atoms with Gasteiger partial charge >= 0.3 is 0 Å². The van der Waals surface area contributed by atoms with Crippen molar-refractivity contribution >= 4 is 5.91 Å². The molecule has 1 saturated carbocycles. The zero-order valence-electron chi connectivity index (χ0n) is 12.5. The molecule has 116 valence electrons. The molecule has 2 fully saturated rings. The number of nitrogens with zero attached hydrogens (tertiary/aromatic N) is 2. The van der Waals surface area contributed by atoms with Crippen molar-refractivity contribution in [2.75, 3.05) is 13.1 Å². The smallest absolute Gasteiger partial charge is 0.223 e. The summed E-state index contributed by atoms with van der Waals surface area (Å²) in [5.74, 6) is 0.0749. The number of nitrogens with one attached hydrogen (secondary N) is 1. The molecule has 0 bridgehead atoms. The first-order valence-electron chi connectivity index (χ1n) is 7.87. The number of rotatable bonds is 4. The number of hydrogen-bond acceptors (Lipinski definition) is 3. The van der Waals surface area contributed by atoms with Gasteiger partial charge in [0.2, 0.25) is 5.91 Å². The second-order valence-corrected chi connectivity index (χ2v) is 6.28. The molecular weight excluding hydrogens is 281 g/mol. The van der Waals surface area contributed by atoms with E-state index in [1.807, 2.05) is 6.07 Å². The number of halogens is 1. The van der Waals surface area contributed by atoms with Gasteiger partial charge in [-0.15, -0.1) is 0 Å². The van der Waals surface area contributed by atoms with E-state index in [0.29, 0.717) is 17.7 Å². The highest BCUT2D eigenvalue weighted by molar-refractivity contribution is 5.81. The summed E-state index contributed by atoms with van der Waals surface area (Å²) in [4.78, 5) is 14.0. The maximum atomic E-state index is 14.0. The number of benzene rings is 1. The maximum Gasteiger partial charge on any atom is 0.223 e. The van der Waals surface area contributed by atoms with Crippen LogP contribution >= 0.6 is 0 Å². The van der Waals surface area contributed by atoms with E-state index < -0.39 is 0 Å². The molecule has 1 atom stereocenters. The molecule has 4 nitrogen and oxygen atoms in total. The van der Waals surface area contributed by atoms with E-state index in [0.717, 1.165) is 38.8 Å². The third-order valence-electron chi connectivity index (χ3n) is 4.38. The number of carbonyl (C=O) groups is 1. The second kappa shape index (κ2) is 6.45. The van der Waals surface area contributed by atoms with Crippen molar-refractivity contribution in [1.29, 1.82) is 5.26 Å². The topological polar surface area (TPSA) is 56.1 Å². The van der Waals surface area contributed by atoms with E-state index in [2.05, 4.69) is 10.2 Å². The minimum atomic E-state index is -0.330. The number of piperidine rings is 1. The summed E-state index contributed by atoms with van der Waals surface area (Å²) in [6.45, 7) is 2.19. The van der Waals surface area contributed by atoms with Gasteiger partial charge in [0.05, 0.1) is 11.6 Å². The summed E-state index contributed by atoms with van der Waals surface area (Å²) >= 11 is 0. The molecule has 1 heterocycles. The Bertz CT molecular complexity index is 606. The van der Waals surface area contributed by atoms with E-state index in [9.17, 15) is 9.18 Å². The molecule has 1 saturated heterocycles. The summed E-state index contributed by atoms with van der Waals surface area (Å²) in [5.41, 5.74) is 0.947. The first kappa shape index (κ1) is 15.0. The van der Waals surface area contributed by atoms with Crippen LogP contribution in [0.1, 0.15) is 36.8 Å². The summed E-state index contributed by atoms with van der Waals surface area (Å²) in [6.07, 6.45) is 4.02. The number of carbonyl (C=O) groups excluding carboxylic acids is 1. The van der Waals surface area contributed by atoms with Gasteiger partial charge in [-0.25, -0.2) is 4.39 Å². The van der Waals surface area contributed by atoms with Crippen LogP contribution in [0, 0.1) is 23.1 Å². The Balaban J connectivity index is 1.58. The van der Waals surface area contributed by atoms with Crippen LogP contribution in [0.15, 0.2) is 18.2 Å². The monoisotopic (exact) mass is 301 g/mol. The fourth-order valence-electron chi connectivity index (χ4n) is 2.97. The lowest BCUT2D eigenvalue weighted by atomic mass is 10.0. The summed E-state index contributed by atoms with van der Waals surface area (Å²) in [5, 5.41) is 11.9. The molecule has 1 amide bonds. The largest absolute Gasteiger partial charge is 0.352 e. The summed E-state index contributed by atoms with van der Waals surface area (Å²) < 4.78 is 14.0. The third kappa shape index (κ3) is 3.63. The highest BCUT2D eigenvalue weighted by atomic mass is 19.1. The van der Waals surface area contributed by atoms with Crippen molar-refractivity contribution in [2.45, 2.75) is 38.3 Å². The molecule has 2 aliphatic rings. The normalized spacial score (nSPS) is 22.1. The first-order valence-corrected chi connectivity index (χ1v) is 7.87. The highest BCUT2D eigenvalue weighted by Gasteiger charge is 2.32. The molecule has 1 unspecified atom stereocenters. The maximum absolute atomic E-state index is 14.0. The average Bonchev–Trinajstić information content (AvgIpc) is 3.34. The predicted octanol–water partition coefficient (Wildman–Crippen LogP) is 2.19. The van der Waals surface area contributed by atoms with Crippen LogP contribution in [0.5, 0.6) is 0 Å². The predicted molar refractivity (Wildman–Crippen MR) is 80.3 cm³/mol. The Kier molecular flexibility index (Phi) is 4.39. The van der Waals surface area contributed by atoms with E-state index in [-0.39, 0.29) is 23.7 Å².